The molecule has 0 saturated carbocycles. The Kier molecular flexibility index (Phi) is 5.52. The Balaban J connectivity index is 1.66. The van der Waals surface area contributed by atoms with E-state index in [1.165, 1.54) is 0 Å². The molecule has 0 aromatic heterocycles. The van der Waals surface area contributed by atoms with Crippen LogP contribution < -0.4 is 14.8 Å². The van der Waals surface area contributed by atoms with Crippen LogP contribution in [0.2, 0.25) is 5.02 Å². The summed E-state index contributed by atoms with van der Waals surface area (Å²) in [6.45, 7) is 7.71. The predicted octanol–water partition coefficient (Wildman–Crippen LogP) is 5.94. The van der Waals surface area contributed by atoms with Crippen molar-refractivity contribution in [3.63, 3.8) is 0 Å². The molecule has 1 heterocycles. The highest BCUT2D eigenvalue weighted by molar-refractivity contribution is 6.32. The van der Waals surface area contributed by atoms with Gasteiger partial charge < -0.3 is 14.8 Å². The van der Waals surface area contributed by atoms with Crippen LogP contribution in [0.5, 0.6) is 17.2 Å². The van der Waals surface area contributed by atoms with Gasteiger partial charge >= 0.3 is 0 Å². The van der Waals surface area contributed by atoms with E-state index in [0.29, 0.717) is 29.7 Å². The monoisotopic (exact) mass is 370 g/mol. The molecule has 0 unspecified atom stereocenters. The predicted molar refractivity (Wildman–Crippen MR) is 108 cm³/mol. The molecule has 26 heavy (non-hydrogen) atoms. The van der Waals surface area contributed by atoms with Gasteiger partial charge in [-0.15, -0.1) is 0 Å². The Hall–Kier alpha value is -2.46. The minimum absolute atomic E-state index is 0.1000. The quantitative estimate of drug-likeness (QED) is 0.684. The van der Waals surface area contributed by atoms with Gasteiger partial charge in [-0.3, -0.25) is 4.99 Å². The van der Waals surface area contributed by atoms with Gasteiger partial charge in [0, 0.05) is 23.7 Å². The van der Waals surface area contributed by atoms with Crippen molar-refractivity contribution in [3.8, 4) is 17.2 Å². The van der Waals surface area contributed by atoms with Gasteiger partial charge in [0.2, 0.25) is 0 Å². The maximum Gasteiger partial charge on any atom is 0.146 e. The molecule has 0 bridgehead atoms. The third kappa shape index (κ3) is 5.27. The van der Waals surface area contributed by atoms with Crippen LogP contribution in [0, 0.1) is 5.41 Å². The van der Waals surface area contributed by atoms with Crippen molar-refractivity contribution in [1.29, 1.82) is 0 Å². The van der Waals surface area contributed by atoms with Gasteiger partial charge in [0.05, 0.1) is 18.2 Å². The zero-order valence-corrected chi connectivity index (χ0v) is 16.0. The normalized spacial score (nSPS) is 13.5. The van der Waals surface area contributed by atoms with Crippen LogP contribution in [0.4, 0.5) is 5.69 Å². The molecule has 0 spiro atoms. The maximum absolute atomic E-state index is 6.38. The van der Waals surface area contributed by atoms with Gasteiger partial charge in [-0.1, -0.05) is 38.4 Å². The topological polar surface area (TPSA) is 42.9 Å². The van der Waals surface area contributed by atoms with Gasteiger partial charge in [0.25, 0.3) is 0 Å². The lowest BCUT2D eigenvalue weighted by molar-refractivity contribution is 0.197. The van der Waals surface area contributed by atoms with E-state index in [9.17, 15) is 0 Å². The lowest BCUT2D eigenvalue weighted by atomic mass is 9.99. The second-order valence-electron chi connectivity index (χ2n) is 7.38. The van der Waals surface area contributed by atoms with Gasteiger partial charge in [-0.25, -0.2) is 0 Å². The van der Waals surface area contributed by atoms with Crippen LogP contribution in [-0.4, -0.2) is 19.4 Å². The van der Waals surface area contributed by atoms with Crippen molar-refractivity contribution in [2.45, 2.75) is 20.8 Å². The molecule has 0 saturated heterocycles. The van der Waals surface area contributed by atoms with Crippen molar-refractivity contribution >= 4 is 23.5 Å². The number of rotatable bonds is 6. The zero-order valence-electron chi connectivity index (χ0n) is 15.3. The van der Waals surface area contributed by atoms with E-state index in [4.69, 9.17) is 21.1 Å². The Bertz CT molecular complexity index is 838. The smallest absolute Gasteiger partial charge is 0.146 e. The highest BCUT2D eigenvalue weighted by atomic mass is 35.5. The van der Waals surface area contributed by atoms with Gasteiger partial charge in [0.15, 0.2) is 0 Å². The molecular weight excluding hydrogens is 348 g/mol. The Morgan fingerprint density at radius 2 is 1.92 bits per heavy atom. The van der Waals surface area contributed by atoms with Gasteiger partial charge in [-0.2, -0.15) is 0 Å². The van der Waals surface area contributed by atoms with E-state index in [0.717, 1.165) is 17.1 Å². The van der Waals surface area contributed by atoms with E-state index in [2.05, 4.69) is 31.1 Å². The summed E-state index contributed by atoms with van der Waals surface area (Å²) in [5.41, 5.74) is 2.04. The molecule has 3 rings (SSSR count). The minimum atomic E-state index is 0.1000. The summed E-state index contributed by atoms with van der Waals surface area (Å²) in [6.07, 6.45) is 3.73. The van der Waals surface area contributed by atoms with Crippen LogP contribution >= 0.6 is 11.6 Å². The number of hydrogen-bond donors (Lipinski definition) is 1. The summed E-state index contributed by atoms with van der Waals surface area (Å²) in [4.78, 5) is 4.15. The van der Waals surface area contributed by atoms with E-state index in [-0.39, 0.29) is 5.41 Å². The summed E-state index contributed by atoms with van der Waals surface area (Å²) in [5.74, 6) is 2.06. The third-order valence-electron chi connectivity index (χ3n) is 3.58. The van der Waals surface area contributed by atoms with E-state index in [1.807, 2.05) is 48.5 Å². The first kappa shape index (κ1) is 18.3. The highest BCUT2D eigenvalue weighted by Crippen LogP contribution is 2.33. The summed E-state index contributed by atoms with van der Waals surface area (Å²) < 4.78 is 11.8. The van der Waals surface area contributed by atoms with E-state index in [1.54, 1.807) is 6.21 Å². The molecule has 0 amide bonds. The molecule has 4 nitrogen and oxygen atoms in total. The molecule has 136 valence electrons. The minimum Gasteiger partial charge on any atom is -0.493 e. The SMILES string of the molecule is CC(C)(C)COc1cccc(Oc2ccc(NC3=CC=NC3)cc2Cl)c1. The molecule has 1 aliphatic rings. The summed E-state index contributed by atoms with van der Waals surface area (Å²) >= 11 is 6.38. The fraction of sp³-hybridized carbons (Fsp3) is 0.286. The van der Waals surface area contributed by atoms with Crippen molar-refractivity contribution in [2.24, 2.45) is 10.4 Å². The lowest BCUT2D eigenvalue weighted by Gasteiger charge is -2.19. The highest BCUT2D eigenvalue weighted by Gasteiger charge is 2.12. The Labute approximate surface area is 159 Å². The number of hydrogen-bond acceptors (Lipinski definition) is 4. The lowest BCUT2D eigenvalue weighted by Crippen LogP contribution is -2.16. The van der Waals surface area contributed by atoms with Crippen molar-refractivity contribution in [2.75, 3.05) is 18.5 Å². The second-order valence-corrected chi connectivity index (χ2v) is 7.79. The molecular formula is C21H23ClN2O2. The van der Waals surface area contributed by atoms with Crippen molar-refractivity contribution < 1.29 is 9.47 Å². The first-order valence-electron chi connectivity index (χ1n) is 8.55. The molecule has 0 aliphatic carbocycles. The number of aliphatic imine (C=N–C) groups is 1. The standard InChI is InChI=1S/C21H23ClN2O2/c1-21(2,3)14-25-17-5-4-6-18(12-17)26-20-8-7-15(11-19(20)22)24-16-9-10-23-13-16/h4-12,24H,13-14H2,1-3H3. The number of nitrogens with zero attached hydrogens (tertiary/aromatic N) is 1. The van der Waals surface area contributed by atoms with Crippen molar-refractivity contribution in [3.05, 3.63) is 59.3 Å². The fourth-order valence-electron chi connectivity index (χ4n) is 2.33. The summed E-state index contributed by atoms with van der Waals surface area (Å²) in [6, 6.07) is 13.2. The molecule has 0 fully saturated rings. The Morgan fingerprint density at radius 1 is 1.12 bits per heavy atom. The molecule has 0 atom stereocenters. The van der Waals surface area contributed by atoms with Gasteiger partial charge in [0.1, 0.15) is 17.2 Å². The number of benzene rings is 2. The number of anilines is 1. The maximum atomic E-state index is 6.38. The van der Waals surface area contributed by atoms with E-state index < -0.39 is 0 Å². The van der Waals surface area contributed by atoms with Crippen LogP contribution in [0.3, 0.4) is 0 Å². The number of allylic oxidation sites excluding steroid dienone is 1. The average molecular weight is 371 g/mol. The van der Waals surface area contributed by atoms with Crippen molar-refractivity contribution in [1.82, 2.24) is 0 Å². The largest absolute Gasteiger partial charge is 0.493 e. The molecule has 5 heteroatoms. The molecule has 1 aliphatic heterocycles. The van der Waals surface area contributed by atoms with Crippen LogP contribution in [0.1, 0.15) is 20.8 Å². The second kappa shape index (κ2) is 7.83. The first-order valence-corrected chi connectivity index (χ1v) is 8.93. The Morgan fingerprint density at radius 3 is 2.62 bits per heavy atom. The van der Waals surface area contributed by atoms with Crippen LogP contribution in [0.25, 0.3) is 0 Å². The molecule has 0 radical (unpaired) electrons. The number of halogens is 1. The molecule has 2 aromatic carbocycles. The van der Waals surface area contributed by atoms with E-state index >= 15 is 0 Å². The molecule has 2 aromatic rings. The summed E-state index contributed by atoms with van der Waals surface area (Å²) in [7, 11) is 0. The van der Waals surface area contributed by atoms with Crippen LogP contribution in [-0.2, 0) is 0 Å². The average Bonchev–Trinajstić information content (AvgIpc) is 3.08. The third-order valence-corrected chi connectivity index (χ3v) is 3.88. The first-order chi connectivity index (χ1) is 12.4. The zero-order chi connectivity index (χ0) is 18.6. The number of ether oxygens (including phenoxy) is 2. The van der Waals surface area contributed by atoms with Crippen LogP contribution in [0.15, 0.2) is 59.2 Å². The van der Waals surface area contributed by atoms with Gasteiger partial charge in [-0.05, 0) is 41.8 Å². The fourth-order valence-corrected chi connectivity index (χ4v) is 2.55. The summed E-state index contributed by atoms with van der Waals surface area (Å²) in [5, 5.41) is 3.83. The number of nitrogens with one attached hydrogen (secondary N) is 1. The molecule has 1 N–H and O–H groups in total.